The van der Waals surface area contributed by atoms with Crippen molar-refractivity contribution in [2.24, 2.45) is 16.0 Å². The van der Waals surface area contributed by atoms with Gasteiger partial charge in [0.05, 0.1) is 5.70 Å². The van der Waals surface area contributed by atoms with Gasteiger partial charge in [0, 0.05) is 17.3 Å². The van der Waals surface area contributed by atoms with Crippen molar-refractivity contribution in [2.75, 3.05) is 0 Å². The lowest BCUT2D eigenvalue weighted by Gasteiger charge is -2.16. The Bertz CT molecular complexity index is 1010. The van der Waals surface area contributed by atoms with Crippen LogP contribution in [0.5, 0.6) is 11.6 Å². The summed E-state index contributed by atoms with van der Waals surface area (Å²) in [6.07, 6.45) is 1.51. The largest absolute Gasteiger partial charge is 0.438 e. The summed E-state index contributed by atoms with van der Waals surface area (Å²) in [4.78, 5) is 27.3. The maximum Gasteiger partial charge on any atom is 0.291 e. The normalized spacial score (nSPS) is 13.9. The van der Waals surface area contributed by atoms with E-state index in [0.717, 1.165) is 11.1 Å². The summed E-state index contributed by atoms with van der Waals surface area (Å²) < 4.78 is 5.71. The molecule has 1 aromatic heterocycles. The van der Waals surface area contributed by atoms with Gasteiger partial charge in [0.25, 0.3) is 11.8 Å². The molecule has 7 nitrogen and oxygen atoms in total. The van der Waals surface area contributed by atoms with E-state index < -0.39 is 5.91 Å². The molecule has 1 aromatic carbocycles. The first-order valence-electron chi connectivity index (χ1n) is 7.78. The Balaban J connectivity index is 1.97. The third-order valence-electron chi connectivity index (χ3n) is 3.96. The second kappa shape index (κ2) is 6.72. The van der Waals surface area contributed by atoms with Crippen LogP contribution in [0.4, 0.5) is 0 Å². The molecule has 130 valence electrons. The van der Waals surface area contributed by atoms with Crippen LogP contribution in [0.15, 0.2) is 64.6 Å². The van der Waals surface area contributed by atoms with Gasteiger partial charge >= 0.3 is 0 Å². The molecule has 1 aliphatic heterocycles. The topological polar surface area (TPSA) is 107 Å². The maximum absolute atomic E-state index is 11.8. The van der Waals surface area contributed by atoms with Gasteiger partial charge in [-0.15, -0.1) is 10.2 Å². The number of aryl methyl sites for hydroxylation is 1. The summed E-state index contributed by atoms with van der Waals surface area (Å²) in [5.41, 5.74) is 8.76. The Labute approximate surface area is 149 Å². The van der Waals surface area contributed by atoms with Crippen molar-refractivity contribution in [1.82, 2.24) is 4.98 Å². The molecule has 3 rings (SSSR count). The van der Waals surface area contributed by atoms with Crippen LogP contribution in [0.2, 0.25) is 0 Å². The number of carbonyl (C=O) groups is 2. The molecule has 0 atom stereocenters. The molecule has 2 aromatic rings. The minimum absolute atomic E-state index is 0.133. The summed E-state index contributed by atoms with van der Waals surface area (Å²) in [5, 5.41) is 7.36. The van der Waals surface area contributed by atoms with Crippen molar-refractivity contribution in [1.29, 1.82) is 0 Å². The number of nitrogens with two attached hydrogens (primary N) is 1. The van der Waals surface area contributed by atoms with Crippen molar-refractivity contribution in [3.8, 4) is 11.6 Å². The fourth-order valence-electron chi connectivity index (χ4n) is 2.66. The molecule has 0 bridgehead atoms. The predicted molar refractivity (Wildman–Crippen MR) is 95.6 cm³/mol. The van der Waals surface area contributed by atoms with Crippen LogP contribution in [0.3, 0.4) is 0 Å². The van der Waals surface area contributed by atoms with E-state index in [0.29, 0.717) is 22.6 Å². The molecule has 0 radical (unpaired) electrons. The Morgan fingerprint density at radius 1 is 1.19 bits per heavy atom. The zero-order chi connectivity index (χ0) is 18.8. The summed E-state index contributed by atoms with van der Waals surface area (Å²) in [5.74, 6) is -0.384. The summed E-state index contributed by atoms with van der Waals surface area (Å²) >= 11 is 0. The molecule has 1 aliphatic rings. The van der Waals surface area contributed by atoms with E-state index in [4.69, 9.17) is 10.5 Å². The lowest BCUT2D eigenvalue weighted by atomic mass is 9.93. The number of azo groups is 1. The van der Waals surface area contributed by atoms with Gasteiger partial charge in [-0.3, -0.25) is 9.59 Å². The number of allylic oxidation sites excluding steroid dienone is 1. The number of rotatable bonds is 4. The third-order valence-corrected chi connectivity index (χ3v) is 3.96. The molecular weight excluding hydrogens is 332 g/mol. The molecule has 0 saturated heterocycles. The average molecular weight is 348 g/mol. The Morgan fingerprint density at radius 3 is 2.65 bits per heavy atom. The molecule has 2 amide bonds. The highest BCUT2D eigenvalue weighted by Crippen LogP contribution is 2.34. The second-order valence-electron chi connectivity index (χ2n) is 5.75. The summed E-state index contributed by atoms with van der Waals surface area (Å²) in [6, 6.07) is 8.44. The highest BCUT2D eigenvalue weighted by atomic mass is 16.5. The Morgan fingerprint density at radius 2 is 1.96 bits per heavy atom. The van der Waals surface area contributed by atoms with Crippen molar-refractivity contribution in [3.05, 3.63) is 71.1 Å². The summed E-state index contributed by atoms with van der Waals surface area (Å²) in [6.45, 7) is 7.42. The van der Waals surface area contributed by atoms with Crippen molar-refractivity contribution in [3.63, 3.8) is 0 Å². The van der Waals surface area contributed by atoms with E-state index in [-0.39, 0.29) is 17.4 Å². The van der Waals surface area contributed by atoms with E-state index in [9.17, 15) is 9.59 Å². The van der Waals surface area contributed by atoms with Gasteiger partial charge in [0.15, 0.2) is 0 Å². The summed E-state index contributed by atoms with van der Waals surface area (Å²) in [7, 11) is 0. The van der Waals surface area contributed by atoms with Crippen molar-refractivity contribution >= 4 is 17.4 Å². The van der Waals surface area contributed by atoms with E-state index >= 15 is 0 Å². The minimum Gasteiger partial charge on any atom is -0.438 e. The number of hydrogen-bond acceptors (Lipinski definition) is 5. The number of nitrogens with zero attached hydrogens (tertiary/aromatic N) is 3. The minimum atomic E-state index is -0.621. The number of ether oxygens (including phenoxy) is 1. The van der Waals surface area contributed by atoms with E-state index in [1.807, 2.05) is 6.92 Å². The molecule has 0 fully saturated rings. The quantitative estimate of drug-likeness (QED) is 0.911. The number of pyridine rings is 1. The number of aromatic nitrogens is 1. The lowest BCUT2D eigenvalue weighted by molar-refractivity contribution is -0.114. The first kappa shape index (κ1) is 17.2. The zero-order valence-corrected chi connectivity index (χ0v) is 14.3. The Hall–Kier alpha value is -3.61. The first-order valence-corrected chi connectivity index (χ1v) is 7.78. The van der Waals surface area contributed by atoms with Crippen molar-refractivity contribution in [2.45, 2.75) is 13.8 Å². The van der Waals surface area contributed by atoms with Crippen LogP contribution in [0, 0.1) is 6.92 Å². The molecule has 0 aliphatic carbocycles. The van der Waals surface area contributed by atoms with Crippen LogP contribution in [0.1, 0.15) is 28.4 Å². The molecule has 0 spiro atoms. The van der Waals surface area contributed by atoms with Crippen LogP contribution < -0.4 is 10.5 Å². The van der Waals surface area contributed by atoms with E-state index in [1.54, 1.807) is 37.3 Å². The first-order chi connectivity index (χ1) is 12.4. The fourth-order valence-corrected chi connectivity index (χ4v) is 2.66. The van der Waals surface area contributed by atoms with Gasteiger partial charge in [0.2, 0.25) is 5.88 Å². The number of amides is 2. The van der Waals surface area contributed by atoms with Gasteiger partial charge in [0.1, 0.15) is 11.3 Å². The smallest absolute Gasteiger partial charge is 0.291 e. The van der Waals surface area contributed by atoms with Gasteiger partial charge in [-0.2, -0.15) is 0 Å². The average Bonchev–Trinajstić information content (AvgIpc) is 2.60. The molecule has 0 unspecified atom stereocenters. The van der Waals surface area contributed by atoms with Crippen LogP contribution in [-0.4, -0.2) is 16.8 Å². The van der Waals surface area contributed by atoms with Gasteiger partial charge in [-0.05, 0) is 49.2 Å². The molecule has 2 heterocycles. The van der Waals surface area contributed by atoms with Gasteiger partial charge in [-0.1, -0.05) is 12.6 Å². The SMILES string of the molecule is C=C1N=NC(=O)C(C)=C1c1ccc(Oc2ncccc2C(N)=O)cc1C. The maximum atomic E-state index is 11.8. The van der Waals surface area contributed by atoms with E-state index in [2.05, 4.69) is 21.8 Å². The van der Waals surface area contributed by atoms with Gasteiger partial charge < -0.3 is 10.5 Å². The monoisotopic (exact) mass is 348 g/mol. The molecule has 7 heteroatoms. The molecule has 26 heavy (non-hydrogen) atoms. The molecule has 2 N–H and O–H groups in total. The number of carbonyl (C=O) groups excluding carboxylic acids is 2. The lowest BCUT2D eigenvalue weighted by Crippen LogP contribution is -2.12. The number of primary amides is 1. The highest BCUT2D eigenvalue weighted by Gasteiger charge is 2.21. The standard InChI is InChI=1S/C19H16N4O3/c1-10-9-13(26-19-15(17(20)24)5-4-8-21-19)6-7-14(10)16-11(2)18(25)23-22-12(16)3/h4-9H,3H2,1-2H3,(H2,20,24). The van der Waals surface area contributed by atoms with Gasteiger partial charge in [-0.25, -0.2) is 4.98 Å². The van der Waals surface area contributed by atoms with Crippen LogP contribution in [0.25, 0.3) is 5.57 Å². The Kier molecular flexibility index (Phi) is 4.45. The fraction of sp³-hybridized carbons (Fsp3) is 0.105. The zero-order valence-electron chi connectivity index (χ0n) is 14.3. The third kappa shape index (κ3) is 3.14. The molecule has 0 saturated carbocycles. The second-order valence-corrected chi connectivity index (χ2v) is 5.75. The van der Waals surface area contributed by atoms with Crippen molar-refractivity contribution < 1.29 is 14.3 Å². The van der Waals surface area contributed by atoms with Crippen LogP contribution in [-0.2, 0) is 4.79 Å². The van der Waals surface area contributed by atoms with E-state index in [1.165, 1.54) is 6.20 Å². The number of benzene rings is 1. The highest BCUT2D eigenvalue weighted by molar-refractivity contribution is 6.05. The predicted octanol–water partition coefficient (Wildman–Crippen LogP) is 3.56. The van der Waals surface area contributed by atoms with Crippen LogP contribution >= 0.6 is 0 Å². The number of hydrogen-bond donors (Lipinski definition) is 1. The molecular formula is C19H16N4O3.